The fourth-order valence-electron chi connectivity index (χ4n) is 2.60. The second-order valence-electron chi connectivity index (χ2n) is 4.79. The lowest BCUT2D eigenvalue weighted by molar-refractivity contribution is -0.117. The molecule has 0 spiro atoms. The third-order valence-electron chi connectivity index (χ3n) is 3.46. The largest absolute Gasteiger partial charge is 0.392 e. The molecule has 2 rings (SSSR count). The normalized spacial score (nSPS) is 32.9. The summed E-state index contributed by atoms with van der Waals surface area (Å²) in [5.41, 5.74) is 0. The Balaban J connectivity index is 1.79. The molecule has 15 heavy (non-hydrogen) atoms. The molecule has 2 aliphatic heterocycles. The number of rotatable bonds is 3. The minimum Gasteiger partial charge on any atom is -0.392 e. The van der Waals surface area contributed by atoms with Gasteiger partial charge in [-0.05, 0) is 13.3 Å². The third kappa shape index (κ3) is 2.77. The van der Waals surface area contributed by atoms with Crippen LogP contribution in [0.5, 0.6) is 0 Å². The summed E-state index contributed by atoms with van der Waals surface area (Å²) < 4.78 is 0. The molecule has 2 saturated heterocycles. The van der Waals surface area contributed by atoms with Crippen LogP contribution < -0.4 is 0 Å². The summed E-state index contributed by atoms with van der Waals surface area (Å²) in [5.74, 6) is 0.267. The third-order valence-corrected chi connectivity index (χ3v) is 3.46. The number of Topliss-reactive ketones (excluding diaryl/α,β-unsaturated/α-hetero) is 1. The Bertz CT molecular complexity index is 245. The average molecular weight is 212 g/mol. The van der Waals surface area contributed by atoms with E-state index in [0.29, 0.717) is 12.5 Å². The molecule has 1 N–H and O–H groups in total. The summed E-state index contributed by atoms with van der Waals surface area (Å²) >= 11 is 0. The van der Waals surface area contributed by atoms with Gasteiger partial charge in [0.15, 0.2) is 0 Å². The fraction of sp³-hybridized carbons (Fsp3) is 0.909. The highest BCUT2D eigenvalue weighted by Gasteiger charge is 2.34. The lowest BCUT2D eigenvalue weighted by Gasteiger charge is -2.37. The van der Waals surface area contributed by atoms with E-state index in [4.69, 9.17) is 0 Å². The predicted octanol–water partition coefficient (Wildman–Crippen LogP) is -0.284. The summed E-state index contributed by atoms with van der Waals surface area (Å²) in [5, 5.41) is 9.55. The van der Waals surface area contributed by atoms with Crippen molar-refractivity contribution in [3.8, 4) is 0 Å². The highest BCUT2D eigenvalue weighted by Crippen LogP contribution is 2.21. The number of nitrogens with zero attached hydrogens (tertiary/aromatic N) is 2. The van der Waals surface area contributed by atoms with Crippen LogP contribution in [0.1, 0.15) is 19.8 Å². The van der Waals surface area contributed by atoms with Crippen molar-refractivity contribution < 1.29 is 9.90 Å². The topological polar surface area (TPSA) is 43.8 Å². The Morgan fingerprint density at radius 2 is 2.20 bits per heavy atom. The second kappa shape index (κ2) is 4.60. The van der Waals surface area contributed by atoms with Crippen molar-refractivity contribution in [2.75, 3.05) is 32.7 Å². The van der Waals surface area contributed by atoms with E-state index in [9.17, 15) is 9.90 Å². The molecule has 0 saturated carbocycles. The molecular weight excluding hydrogens is 192 g/mol. The molecule has 0 aromatic heterocycles. The van der Waals surface area contributed by atoms with Gasteiger partial charge in [0.25, 0.3) is 0 Å². The molecule has 86 valence electrons. The molecule has 0 bridgehead atoms. The Kier molecular flexibility index (Phi) is 3.38. The Morgan fingerprint density at radius 3 is 2.93 bits per heavy atom. The van der Waals surface area contributed by atoms with Crippen LogP contribution in [0, 0.1) is 0 Å². The van der Waals surface area contributed by atoms with E-state index < -0.39 is 0 Å². The number of fused-ring (bicyclic) bond motifs is 1. The minimum absolute atomic E-state index is 0.136. The number of hydrogen-bond acceptors (Lipinski definition) is 4. The Hall–Kier alpha value is -0.450. The maximum atomic E-state index is 10.9. The van der Waals surface area contributed by atoms with Crippen LogP contribution in [0.2, 0.25) is 0 Å². The summed E-state index contributed by atoms with van der Waals surface area (Å²) in [7, 11) is 0. The fourth-order valence-corrected chi connectivity index (χ4v) is 2.60. The number of carbonyl (C=O) groups is 1. The number of piperazine rings is 1. The molecule has 2 aliphatic rings. The number of aliphatic hydroxyl groups excluding tert-OH is 1. The SMILES string of the molecule is CC(=O)CCN1CCN2CC(O)CC2C1. The molecule has 2 heterocycles. The monoisotopic (exact) mass is 212 g/mol. The number of carbonyl (C=O) groups excluding carboxylic acids is 1. The first-order chi connectivity index (χ1) is 7.15. The summed E-state index contributed by atoms with van der Waals surface area (Å²) in [6.07, 6.45) is 1.43. The Morgan fingerprint density at radius 1 is 1.40 bits per heavy atom. The van der Waals surface area contributed by atoms with Gasteiger partial charge in [-0.2, -0.15) is 0 Å². The highest BCUT2D eigenvalue weighted by atomic mass is 16.3. The van der Waals surface area contributed by atoms with Crippen molar-refractivity contribution in [3.05, 3.63) is 0 Å². The maximum absolute atomic E-state index is 10.9. The molecular formula is C11H20N2O2. The van der Waals surface area contributed by atoms with Crippen LogP contribution in [-0.2, 0) is 4.79 Å². The molecule has 0 aromatic rings. The zero-order chi connectivity index (χ0) is 10.8. The van der Waals surface area contributed by atoms with Gasteiger partial charge < -0.3 is 10.0 Å². The smallest absolute Gasteiger partial charge is 0.131 e. The van der Waals surface area contributed by atoms with Gasteiger partial charge in [0.05, 0.1) is 6.10 Å². The van der Waals surface area contributed by atoms with Gasteiger partial charge in [0.2, 0.25) is 0 Å². The average Bonchev–Trinajstić information content (AvgIpc) is 2.53. The van der Waals surface area contributed by atoms with E-state index >= 15 is 0 Å². The zero-order valence-corrected chi connectivity index (χ0v) is 9.35. The standard InChI is InChI=1S/C11H20N2O2/c1-9(14)2-3-12-4-5-13-8-11(15)6-10(13)7-12/h10-11,15H,2-8H2,1H3. The zero-order valence-electron chi connectivity index (χ0n) is 9.35. The van der Waals surface area contributed by atoms with Gasteiger partial charge >= 0.3 is 0 Å². The van der Waals surface area contributed by atoms with E-state index in [-0.39, 0.29) is 11.9 Å². The van der Waals surface area contributed by atoms with Gasteiger partial charge in [-0.3, -0.25) is 9.69 Å². The molecule has 4 heteroatoms. The van der Waals surface area contributed by atoms with E-state index in [1.54, 1.807) is 6.92 Å². The van der Waals surface area contributed by atoms with Crippen molar-refractivity contribution in [3.63, 3.8) is 0 Å². The van der Waals surface area contributed by atoms with Crippen molar-refractivity contribution in [1.82, 2.24) is 9.80 Å². The van der Waals surface area contributed by atoms with Gasteiger partial charge in [0.1, 0.15) is 5.78 Å². The van der Waals surface area contributed by atoms with E-state index in [1.165, 1.54) is 0 Å². The number of ketones is 1. The van der Waals surface area contributed by atoms with Gasteiger partial charge in [-0.15, -0.1) is 0 Å². The quantitative estimate of drug-likeness (QED) is 0.698. The van der Waals surface area contributed by atoms with Crippen molar-refractivity contribution in [1.29, 1.82) is 0 Å². The predicted molar refractivity (Wildman–Crippen MR) is 57.7 cm³/mol. The van der Waals surface area contributed by atoms with E-state index in [2.05, 4.69) is 9.80 Å². The molecule has 0 aromatic carbocycles. The van der Waals surface area contributed by atoms with E-state index in [1.807, 2.05) is 0 Å². The van der Waals surface area contributed by atoms with Crippen LogP contribution in [0.15, 0.2) is 0 Å². The summed E-state index contributed by atoms with van der Waals surface area (Å²) in [4.78, 5) is 15.6. The first-order valence-electron chi connectivity index (χ1n) is 5.79. The lowest BCUT2D eigenvalue weighted by atomic mass is 10.1. The van der Waals surface area contributed by atoms with Gasteiger partial charge in [0, 0.05) is 45.2 Å². The molecule has 0 aliphatic carbocycles. The van der Waals surface area contributed by atoms with Crippen LogP contribution in [0.25, 0.3) is 0 Å². The van der Waals surface area contributed by atoms with E-state index in [0.717, 1.165) is 39.1 Å². The highest BCUT2D eigenvalue weighted by molar-refractivity contribution is 5.75. The molecule has 0 radical (unpaired) electrons. The van der Waals surface area contributed by atoms with Crippen LogP contribution in [-0.4, -0.2) is 65.6 Å². The number of hydrogen-bond donors (Lipinski definition) is 1. The van der Waals surface area contributed by atoms with Crippen molar-refractivity contribution in [2.24, 2.45) is 0 Å². The van der Waals surface area contributed by atoms with Gasteiger partial charge in [-0.25, -0.2) is 0 Å². The van der Waals surface area contributed by atoms with Crippen LogP contribution in [0.3, 0.4) is 0 Å². The van der Waals surface area contributed by atoms with Crippen LogP contribution in [0.4, 0.5) is 0 Å². The van der Waals surface area contributed by atoms with Crippen molar-refractivity contribution in [2.45, 2.75) is 31.9 Å². The molecule has 2 atom stereocenters. The van der Waals surface area contributed by atoms with Crippen LogP contribution >= 0.6 is 0 Å². The maximum Gasteiger partial charge on any atom is 0.131 e. The molecule has 2 unspecified atom stereocenters. The van der Waals surface area contributed by atoms with Crippen molar-refractivity contribution >= 4 is 5.78 Å². The minimum atomic E-state index is -0.136. The Labute approximate surface area is 90.9 Å². The first-order valence-corrected chi connectivity index (χ1v) is 5.79. The molecule has 2 fully saturated rings. The molecule has 4 nitrogen and oxygen atoms in total. The summed E-state index contributed by atoms with van der Waals surface area (Å²) in [6.45, 7) is 6.47. The number of aliphatic hydroxyl groups is 1. The second-order valence-corrected chi connectivity index (χ2v) is 4.79. The first kappa shape index (κ1) is 11.0. The molecule has 0 amide bonds. The summed E-state index contributed by atoms with van der Waals surface area (Å²) in [6, 6.07) is 0.515. The lowest BCUT2D eigenvalue weighted by Crippen LogP contribution is -2.50. The van der Waals surface area contributed by atoms with Gasteiger partial charge in [-0.1, -0.05) is 0 Å².